The van der Waals surface area contributed by atoms with Gasteiger partial charge in [-0.15, -0.1) is 0 Å². The lowest BCUT2D eigenvalue weighted by atomic mass is 10.1. The summed E-state index contributed by atoms with van der Waals surface area (Å²) in [6.45, 7) is 0. The van der Waals surface area contributed by atoms with Crippen molar-refractivity contribution in [3.8, 4) is 6.19 Å². The molecule has 0 fully saturated rings. The van der Waals surface area contributed by atoms with Crippen LogP contribution in [0, 0.1) is 11.5 Å². The van der Waals surface area contributed by atoms with Crippen molar-refractivity contribution < 1.29 is 0 Å². The monoisotopic (exact) mass is 227 g/mol. The Morgan fingerprint density at radius 1 is 1.43 bits per heavy atom. The molecule has 0 unspecified atom stereocenters. The number of hydrogen-bond donors (Lipinski definition) is 1. The molecule has 0 radical (unpaired) electrons. The molecule has 1 aromatic rings. The average Bonchev–Trinajstić information content (AvgIpc) is 2.12. The molecule has 1 aromatic carbocycles. The molecular formula is C9H7Cl2N3. The lowest BCUT2D eigenvalue weighted by Gasteiger charge is -2.01. The highest BCUT2D eigenvalue weighted by Gasteiger charge is 2.01. The molecule has 0 aliphatic rings. The Labute approximate surface area is 91.8 Å². The second kappa shape index (κ2) is 4.85. The third-order valence-corrected chi connectivity index (χ3v) is 2.30. The minimum absolute atomic E-state index is 0.255. The van der Waals surface area contributed by atoms with Crippen LogP contribution in [0.1, 0.15) is 5.56 Å². The number of benzene rings is 1. The highest BCUT2D eigenvalue weighted by molar-refractivity contribution is 6.42. The van der Waals surface area contributed by atoms with Gasteiger partial charge in [0.05, 0.1) is 10.0 Å². The third kappa shape index (κ3) is 2.91. The first-order valence-corrected chi connectivity index (χ1v) is 4.54. The molecule has 14 heavy (non-hydrogen) atoms. The van der Waals surface area contributed by atoms with Crippen molar-refractivity contribution in [1.82, 2.24) is 0 Å². The summed E-state index contributed by atoms with van der Waals surface area (Å²) in [6.07, 6.45) is 2.01. The van der Waals surface area contributed by atoms with Gasteiger partial charge in [0.25, 0.3) is 0 Å². The predicted molar refractivity (Wildman–Crippen MR) is 57.4 cm³/mol. The number of halogens is 2. The maximum absolute atomic E-state index is 8.25. The largest absolute Gasteiger partial charge is 0.386 e. The van der Waals surface area contributed by atoms with Gasteiger partial charge >= 0.3 is 0 Å². The van der Waals surface area contributed by atoms with Crippen LogP contribution in [0.3, 0.4) is 0 Å². The van der Waals surface area contributed by atoms with Crippen molar-refractivity contribution in [1.29, 1.82) is 5.26 Å². The molecule has 0 amide bonds. The topological polar surface area (TPSA) is 62.2 Å². The van der Waals surface area contributed by atoms with Gasteiger partial charge in [0.15, 0.2) is 0 Å². The van der Waals surface area contributed by atoms with Crippen LogP contribution < -0.4 is 5.73 Å². The van der Waals surface area contributed by atoms with Crippen LogP contribution in [-0.2, 0) is 6.42 Å². The summed E-state index contributed by atoms with van der Waals surface area (Å²) in [5, 5.41) is 9.21. The summed E-state index contributed by atoms with van der Waals surface area (Å²) in [5.74, 6) is 0.255. The normalized spacial score (nSPS) is 11.1. The molecule has 0 aromatic heterocycles. The SMILES string of the molecule is N#CN=C(N)Cc1ccc(Cl)c(Cl)c1. The van der Waals surface area contributed by atoms with E-state index >= 15 is 0 Å². The fraction of sp³-hybridized carbons (Fsp3) is 0.111. The van der Waals surface area contributed by atoms with E-state index in [0.717, 1.165) is 5.56 Å². The van der Waals surface area contributed by atoms with Crippen LogP contribution in [0.25, 0.3) is 0 Å². The van der Waals surface area contributed by atoms with Crippen LogP contribution in [0.5, 0.6) is 0 Å². The van der Waals surface area contributed by atoms with Gasteiger partial charge < -0.3 is 5.73 Å². The fourth-order valence-corrected chi connectivity index (χ4v) is 1.28. The standard InChI is InChI=1S/C9H7Cl2N3/c10-7-2-1-6(3-8(7)11)4-9(13)14-5-12/h1-3H,4H2,(H2,13,14). The Bertz CT molecular complexity index is 407. The van der Waals surface area contributed by atoms with Crippen LogP contribution in [0.4, 0.5) is 0 Å². The van der Waals surface area contributed by atoms with Crippen LogP contribution in [0.15, 0.2) is 23.2 Å². The predicted octanol–water partition coefficient (Wildman–Crippen LogP) is 2.37. The molecule has 0 bridgehead atoms. The molecule has 0 heterocycles. The maximum Gasteiger partial charge on any atom is 0.207 e. The summed E-state index contributed by atoms with van der Waals surface area (Å²) >= 11 is 11.5. The van der Waals surface area contributed by atoms with E-state index in [-0.39, 0.29) is 5.84 Å². The molecule has 5 heteroatoms. The molecular weight excluding hydrogens is 221 g/mol. The van der Waals surface area contributed by atoms with Gasteiger partial charge in [0.2, 0.25) is 6.19 Å². The summed E-state index contributed by atoms with van der Waals surface area (Å²) in [7, 11) is 0. The molecule has 0 saturated heterocycles. The zero-order valence-electron chi connectivity index (χ0n) is 7.17. The minimum atomic E-state index is 0.255. The van der Waals surface area contributed by atoms with E-state index in [0.29, 0.717) is 16.5 Å². The molecule has 0 saturated carbocycles. The zero-order chi connectivity index (χ0) is 10.6. The van der Waals surface area contributed by atoms with Gasteiger partial charge in [-0.05, 0) is 17.7 Å². The minimum Gasteiger partial charge on any atom is -0.386 e. The van der Waals surface area contributed by atoms with Gasteiger partial charge in [-0.3, -0.25) is 0 Å². The molecule has 1 rings (SSSR count). The van der Waals surface area contributed by atoms with E-state index in [4.69, 9.17) is 34.2 Å². The first-order valence-electron chi connectivity index (χ1n) is 3.78. The number of nitrogens with two attached hydrogens (primary N) is 1. The summed E-state index contributed by atoms with van der Waals surface area (Å²) in [4.78, 5) is 3.40. The molecule has 2 N–H and O–H groups in total. The molecule has 72 valence electrons. The number of rotatable bonds is 2. The van der Waals surface area contributed by atoms with Crippen LogP contribution in [0.2, 0.25) is 10.0 Å². The van der Waals surface area contributed by atoms with Crippen molar-refractivity contribution in [2.75, 3.05) is 0 Å². The second-order valence-corrected chi connectivity index (χ2v) is 3.44. The van der Waals surface area contributed by atoms with Gasteiger partial charge in [-0.2, -0.15) is 10.3 Å². The second-order valence-electron chi connectivity index (χ2n) is 2.63. The summed E-state index contributed by atoms with van der Waals surface area (Å²) < 4.78 is 0. The smallest absolute Gasteiger partial charge is 0.207 e. The van der Waals surface area contributed by atoms with Crippen molar-refractivity contribution in [3.05, 3.63) is 33.8 Å². The first-order chi connectivity index (χ1) is 6.63. The highest BCUT2D eigenvalue weighted by Crippen LogP contribution is 2.22. The van der Waals surface area contributed by atoms with E-state index in [9.17, 15) is 0 Å². The van der Waals surface area contributed by atoms with Crippen LogP contribution in [-0.4, -0.2) is 5.84 Å². The average molecular weight is 228 g/mol. The Balaban J connectivity index is 2.84. The summed E-state index contributed by atoms with van der Waals surface area (Å²) in [6, 6.07) is 5.16. The number of aliphatic imine (C=N–C) groups is 1. The first kappa shape index (κ1) is 10.8. The lowest BCUT2D eigenvalue weighted by Crippen LogP contribution is -2.14. The number of amidine groups is 1. The Kier molecular flexibility index (Phi) is 3.75. The number of nitriles is 1. The fourth-order valence-electron chi connectivity index (χ4n) is 0.962. The summed E-state index contributed by atoms with van der Waals surface area (Å²) in [5.41, 5.74) is 6.33. The van der Waals surface area contributed by atoms with Gasteiger partial charge in [-0.25, -0.2) is 0 Å². The number of nitrogens with zero attached hydrogens (tertiary/aromatic N) is 2. The third-order valence-electron chi connectivity index (χ3n) is 1.56. The quantitative estimate of drug-likeness (QED) is 0.479. The van der Waals surface area contributed by atoms with Gasteiger partial charge in [0.1, 0.15) is 5.84 Å². The van der Waals surface area contributed by atoms with Gasteiger partial charge in [0, 0.05) is 6.42 Å². The van der Waals surface area contributed by atoms with Crippen molar-refractivity contribution in [2.45, 2.75) is 6.42 Å². The van der Waals surface area contributed by atoms with E-state index < -0.39 is 0 Å². The van der Waals surface area contributed by atoms with Crippen molar-refractivity contribution in [2.24, 2.45) is 10.7 Å². The molecule has 0 spiro atoms. The van der Waals surface area contributed by atoms with Crippen molar-refractivity contribution in [3.63, 3.8) is 0 Å². The lowest BCUT2D eigenvalue weighted by molar-refractivity contribution is 1.27. The van der Waals surface area contributed by atoms with Crippen LogP contribution >= 0.6 is 23.2 Å². The van der Waals surface area contributed by atoms with E-state index in [2.05, 4.69) is 4.99 Å². The number of hydrogen-bond acceptors (Lipinski definition) is 2. The molecule has 0 aliphatic heterocycles. The van der Waals surface area contributed by atoms with E-state index in [1.807, 2.05) is 0 Å². The molecule has 3 nitrogen and oxygen atoms in total. The van der Waals surface area contributed by atoms with Crippen molar-refractivity contribution >= 4 is 29.0 Å². The van der Waals surface area contributed by atoms with Gasteiger partial charge in [-0.1, -0.05) is 29.3 Å². The Morgan fingerprint density at radius 3 is 2.71 bits per heavy atom. The Morgan fingerprint density at radius 2 is 2.14 bits per heavy atom. The highest BCUT2D eigenvalue weighted by atomic mass is 35.5. The maximum atomic E-state index is 8.25. The molecule has 0 aliphatic carbocycles. The zero-order valence-corrected chi connectivity index (χ0v) is 8.68. The van der Waals surface area contributed by atoms with E-state index in [1.54, 1.807) is 24.4 Å². The molecule has 0 atom stereocenters. The Hall–Kier alpha value is -1.24. The van der Waals surface area contributed by atoms with E-state index in [1.165, 1.54) is 0 Å².